The Bertz CT molecular complexity index is 328. The lowest BCUT2D eigenvalue weighted by molar-refractivity contribution is 0.672. The quantitative estimate of drug-likeness (QED) is 0.533. The largest absolute Gasteiger partial charge is 0.329 e. The van der Waals surface area contributed by atoms with Crippen LogP contribution in [-0.2, 0) is 6.42 Å². The third kappa shape index (κ3) is 5.89. The summed E-state index contributed by atoms with van der Waals surface area (Å²) in [5.41, 5.74) is 12.9. The third-order valence-corrected chi connectivity index (χ3v) is 4.21. The molecule has 0 spiro atoms. The minimum absolute atomic E-state index is 0.0758. The predicted molar refractivity (Wildman–Crippen MR) is 82.0 cm³/mol. The molecule has 18 heavy (non-hydrogen) atoms. The Kier molecular flexibility index (Phi) is 8.14. The summed E-state index contributed by atoms with van der Waals surface area (Å²) in [6.45, 7) is 2.80. The van der Waals surface area contributed by atoms with Crippen molar-refractivity contribution in [1.29, 1.82) is 0 Å². The molecule has 0 aliphatic carbocycles. The second kappa shape index (κ2) is 9.42. The van der Waals surface area contributed by atoms with Crippen molar-refractivity contribution < 1.29 is 0 Å². The molecule has 0 fully saturated rings. The fraction of sp³-hybridized carbons (Fsp3) is 0.600. The van der Waals surface area contributed by atoms with E-state index in [4.69, 9.17) is 11.5 Å². The van der Waals surface area contributed by atoms with Gasteiger partial charge in [-0.15, -0.1) is 11.8 Å². The summed E-state index contributed by atoms with van der Waals surface area (Å²) in [6, 6.07) is 8.63. The first-order valence-electron chi connectivity index (χ1n) is 6.94. The lowest BCUT2D eigenvalue weighted by Crippen LogP contribution is -2.31. The summed E-state index contributed by atoms with van der Waals surface area (Å²) >= 11 is 1.95. The van der Waals surface area contributed by atoms with E-state index in [2.05, 4.69) is 31.2 Å². The maximum atomic E-state index is 5.93. The molecule has 2 nitrogen and oxygen atoms in total. The highest BCUT2D eigenvalue weighted by atomic mass is 32.2. The Morgan fingerprint density at radius 2 is 1.94 bits per heavy atom. The molecule has 0 radical (unpaired) electrons. The summed E-state index contributed by atoms with van der Waals surface area (Å²) in [5, 5.41) is 0. The molecule has 4 N–H and O–H groups in total. The second-order valence-electron chi connectivity index (χ2n) is 4.72. The van der Waals surface area contributed by atoms with Gasteiger partial charge in [-0.3, -0.25) is 0 Å². The highest BCUT2D eigenvalue weighted by Crippen LogP contribution is 2.24. The first-order chi connectivity index (χ1) is 8.77. The van der Waals surface area contributed by atoms with E-state index in [0.717, 1.165) is 6.42 Å². The lowest BCUT2D eigenvalue weighted by Gasteiger charge is -2.12. The van der Waals surface area contributed by atoms with Gasteiger partial charge >= 0.3 is 0 Å². The Labute approximate surface area is 116 Å². The van der Waals surface area contributed by atoms with E-state index >= 15 is 0 Å². The number of hydrogen-bond donors (Lipinski definition) is 2. The fourth-order valence-corrected chi connectivity index (χ4v) is 2.97. The normalized spacial score (nSPS) is 12.6. The lowest BCUT2D eigenvalue weighted by atomic mass is 10.1. The molecule has 1 rings (SSSR count). The van der Waals surface area contributed by atoms with Crippen LogP contribution in [0.2, 0.25) is 0 Å². The molecule has 1 aromatic rings. The zero-order chi connectivity index (χ0) is 13.2. The maximum Gasteiger partial charge on any atom is 0.0204 e. The van der Waals surface area contributed by atoms with Gasteiger partial charge in [0, 0.05) is 17.5 Å². The van der Waals surface area contributed by atoms with Gasteiger partial charge in [0.05, 0.1) is 0 Å². The molecule has 1 unspecified atom stereocenters. The van der Waals surface area contributed by atoms with E-state index < -0.39 is 0 Å². The van der Waals surface area contributed by atoms with Crippen LogP contribution in [0.1, 0.15) is 38.2 Å². The highest BCUT2D eigenvalue weighted by molar-refractivity contribution is 7.99. The fourth-order valence-electron chi connectivity index (χ4n) is 1.89. The van der Waals surface area contributed by atoms with Crippen LogP contribution in [0.15, 0.2) is 29.2 Å². The van der Waals surface area contributed by atoms with E-state index in [1.165, 1.54) is 41.9 Å². The number of benzene rings is 1. The molecule has 1 aromatic carbocycles. The summed E-state index contributed by atoms with van der Waals surface area (Å²) < 4.78 is 0. The van der Waals surface area contributed by atoms with E-state index in [1.54, 1.807) is 0 Å². The average molecular weight is 266 g/mol. The van der Waals surface area contributed by atoms with Gasteiger partial charge < -0.3 is 11.5 Å². The van der Waals surface area contributed by atoms with Gasteiger partial charge in [-0.1, -0.05) is 44.4 Å². The van der Waals surface area contributed by atoms with Crippen LogP contribution in [0, 0.1) is 0 Å². The van der Waals surface area contributed by atoms with Crippen molar-refractivity contribution in [3.63, 3.8) is 0 Å². The van der Waals surface area contributed by atoms with Gasteiger partial charge in [0.15, 0.2) is 0 Å². The molecule has 0 aromatic heterocycles. The van der Waals surface area contributed by atoms with Gasteiger partial charge in [0.25, 0.3) is 0 Å². The van der Waals surface area contributed by atoms with Crippen LogP contribution >= 0.6 is 11.8 Å². The minimum atomic E-state index is 0.0758. The van der Waals surface area contributed by atoms with Gasteiger partial charge in [-0.2, -0.15) is 0 Å². The third-order valence-electron chi connectivity index (χ3n) is 3.01. The van der Waals surface area contributed by atoms with Gasteiger partial charge in [-0.05, 0) is 30.2 Å². The van der Waals surface area contributed by atoms with E-state index in [1.807, 2.05) is 11.8 Å². The zero-order valence-electron chi connectivity index (χ0n) is 11.4. The highest BCUT2D eigenvalue weighted by Gasteiger charge is 2.06. The Morgan fingerprint density at radius 3 is 2.67 bits per heavy atom. The number of hydrogen-bond acceptors (Lipinski definition) is 3. The van der Waals surface area contributed by atoms with Crippen LogP contribution in [0.3, 0.4) is 0 Å². The van der Waals surface area contributed by atoms with Crippen molar-refractivity contribution in [2.45, 2.75) is 50.0 Å². The van der Waals surface area contributed by atoms with Crippen molar-refractivity contribution in [2.24, 2.45) is 11.5 Å². The summed E-state index contributed by atoms with van der Waals surface area (Å²) in [4.78, 5) is 1.37. The number of unbranched alkanes of at least 4 members (excludes halogenated alkanes) is 3. The first kappa shape index (κ1) is 15.5. The Morgan fingerprint density at radius 1 is 1.17 bits per heavy atom. The average Bonchev–Trinajstić information content (AvgIpc) is 2.40. The predicted octanol–water partition coefficient (Wildman–Crippen LogP) is 3.19. The van der Waals surface area contributed by atoms with Crippen molar-refractivity contribution in [2.75, 3.05) is 12.3 Å². The maximum absolute atomic E-state index is 5.93. The second-order valence-corrected chi connectivity index (χ2v) is 5.85. The standard InChI is InChI=1S/C15H26N2S/c1-2-3-4-7-10-18-15-9-6-5-8-13(15)11-14(17)12-16/h5-6,8-9,14H,2-4,7,10-12,16-17H2,1H3. The molecule has 0 saturated carbocycles. The summed E-state index contributed by atoms with van der Waals surface area (Å²) in [7, 11) is 0. The van der Waals surface area contributed by atoms with Crippen LogP contribution < -0.4 is 11.5 Å². The number of thioether (sulfide) groups is 1. The van der Waals surface area contributed by atoms with E-state index in [-0.39, 0.29) is 6.04 Å². The molecule has 0 bridgehead atoms. The van der Waals surface area contributed by atoms with Gasteiger partial charge in [0.1, 0.15) is 0 Å². The molecular formula is C15H26N2S. The first-order valence-corrected chi connectivity index (χ1v) is 7.92. The molecule has 0 heterocycles. The van der Waals surface area contributed by atoms with Crippen LogP contribution in [0.25, 0.3) is 0 Å². The molecule has 0 amide bonds. The topological polar surface area (TPSA) is 52.0 Å². The summed E-state index contributed by atoms with van der Waals surface area (Å²) in [5.74, 6) is 1.20. The van der Waals surface area contributed by atoms with Crippen molar-refractivity contribution in [1.82, 2.24) is 0 Å². The SMILES string of the molecule is CCCCCCSc1ccccc1CC(N)CN. The number of rotatable bonds is 9. The molecule has 0 saturated heterocycles. The summed E-state index contributed by atoms with van der Waals surface area (Å²) in [6.07, 6.45) is 6.17. The van der Waals surface area contributed by atoms with Gasteiger partial charge in [-0.25, -0.2) is 0 Å². The Hall–Kier alpha value is -0.510. The van der Waals surface area contributed by atoms with Crippen LogP contribution in [0.5, 0.6) is 0 Å². The molecule has 0 aliphatic heterocycles. The van der Waals surface area contributed by atoms with Crippen molar-refractivity contribution >= 4 is 11.8 Å². The van der Waals surface area contributed by atoms with Gasteiger partial charge in [0.2, 0.25) is 0 Å². The van der Waals surface area contributed by atoms with Crippen molar-refractivity contribution in [3.8, 4) is 0 Å². The zero-order valence-corrected chi connectivity index (χ0v) is 12.2. The van der Waals surface area contributed by atoms with Crippen LogP contribution in [-0.4, -0.2) is 18.3 Å². The molecular weight excluding hydrogens is 240 g/mol. The minimum Gasteiger partial charge on any atom is -0.329 e. The van der Waals surface area contributed by atoms with Crippen LogP contribution in [0.4, 0.5) is 0 Å². The number of nitrogens with two attached hydrogens (primary N) is 2. The molecule has 1 atom stereocenters. The molecule has 102 valence electrons. The van der Waals surface area contributed by atoms with Crippen molar-refractivity contribution in [3.05, 3.63) is 29.8 Å². The van der Waals surface area contributed by atoms with E-state index in [0.29, 0.717) is 6.54 Å². The molecule has 0 aliphatic rings. The smallest absolute Gasteiger partial charge is 0.0204 e. The molecule has 3 heteroatoms. The van der Waals surface area contributed by atoms with E-state index in [9.17, 15) is 0 Å². The monoisotopic (exact) mass is 266 g/mol. The Balaban J connectivity index is 2.43.